The van der Waals surface area contributed by atoms with Gasteiger partial charge in [-0.2, -0.15) is 0 Å². The fourth-order valence-electron chi connectivity index (χ4n) is 1.47. The lowest BCUT2D eigenvalue weighted by molar-refractivity contribution is 0.305. The van der Waals surface area contributed by atoms with Gasteiger partial charge in [-0.15, -0.1) is 0 Å². The van der Waals surface area contributed by atoms with Crippen LogP contribution in [0.5, 0.6) is 5.75 Å². The molecule has 0 aliphatic rings. The molecule has 0 atom stereocenters. The lowest BCUT2D eigenvalue weighted by Crippen LogP contribution is -2.01. The summed E-state index contributed by atoms with van der Waals surface area (Å²) in [5.74, 6) is 2.39. The summed E-state index contributed by atoms with van der Waals surface area (Å²) in [6.07, 6.45) is 0.666. The van der Waals surface area contributed by atoms with Crippen LogP contribution in [0, 0.1) is 13.8 Å². The van der Waals surface area contributed by atoms with Crippen molar-refractivity contribution in [3.63, 3.8) is 0 Å². The number of aromatic nitrogens is 1. The van der Waals surface area contributed by atoms with Gasteiger partial charge < -0.3 is 14.9 Å². The van der Waals surface area contributed by atoms with Crippen molar-refractivity contribution in [2.75, 3.05) is 12.3 Å². The largest absolute Gasteiger partial charge is 0.493 e. The molecule has 0 saturated carbocycles. The molecule has 2 aromatic rings. The van der Waals surface area contributed by atoms with Gasteiger partial charge in [0, 0.05) is 5.69 Å². The molecule has 1 aromatic heterocycles. The highest BCUT2D eigenvalue weighted by atomic mass is 16.5. The van der Waals surface area contributed by atoms with E-state index >= 15 is 0 Å². The molecule has 4 nitrogen and oxygen atoms in total. The van der Waals surface area contributed by atoms with Gasteiger partial charge >= 0.3 is 0 Å². The normalized spacial score (nSPS) is 10.5. The van der Waals surface area contributed by atoms with Gasteiger partial charge in [0.25, 0.3) is 0 Å². The fraction of sp³-hybridized carbons (Fsp3) is 0.308. The molecule has 0 bridgehead atoms. The van der Waals surface area contributed by atoms with E-state index in [0.29, 0.717) is 13.0 Å². The second-order valence-electron chi connectivity index (χ2n) is 3.92. The third-order valence-corrected chi connectivity index (χ3v) is 2.54. The first-order valence-corrected chi connectivity index (χ1v) is 5.56. The zero-order valence-corrected chi connectivity index (χ0v) is 10.1. The average Bonchev–Trinajstić information content (AvgIpc) is 2.61. The summed E-state index contributed by atoms with van der Waals surface area (Å²) in [6, 6.07) is 7.33. The van der Waals surface area contributed by atoms with E-state index in [9.17, 15) is 0 Å². The SMILES string of the molecule is Cc1nc(CCOc2ccc(N)cc2)oc1C. The molecule has 0 spiro atoms. The Kier molecular flexibility index (Phi) is 3.32. The summed E-state index contributed by atoms with van der Waals surface area (Å²) in [7, 11) is 0. The smallest absolute Gasteiger partial charge is 0.198 e. The number of nitrogens with zero attached hydrogens (tertiary/aromatic N) is 1. The van der Waals surface area contributed by atoms with Crippen molar-refractivity contribution in [1.29, 1.82) is 0 Å². The molecule has 17 heavy (non-hydrogen) atoms. The second kappa shape index (κ2) is 4.91. The van der Waals surface area contributed by atoms with Crippen LogP contribution in [0.1, 0.15) is 17.3 Å². The lowest BCUT2D eigenvalue weighted by Gasteiger charge is -2.04. The molecule has 0 aliphatic carbocycles. The molecule has 90 valence electrons. The monoisotopic (exact) mass is 232 g/mol. The Hall–Kier alpha value is -1.97. The number of hydrogen-bond donors (Lipinski definition) is 1. The molecule has 0 amide bonds. The van der Waals surface area contributed by atoms with E-state index in [1.54, 1.807) is 0 Å². The molecule has 1 heterocycles. The van der Waals surface area contributed by atoms with Crippen LogP contribution in [0.25, 0.3) is 0 Å². The molecule has 0 aliphatic heterocycles. The number of nitrogens with two attached hydrogens (primary N) is 1. The highest BCUT2D eigenvalue weighted by molar-refractivity contribution is 5.41. The number of aryl methyl sites for hydroxylation is 2. The van der Waals surface area contributed by atoms with E-state index in [4.69, 9.17) is 14.9 Å². The van der Waals surface area contributed by atoms with Gasteiger partial charge in [-0.05, 0) is 38.1 Å². The minimum atomic E-state index is 0.545. The molecule has 0 radical (unpaired) electrons. The van der Waals surface area contributed by atoms with E-state index in [-0.39, 0.29) is 0 Å². The highest BCUT2D eigenvalue weighted by Crippen LogP contribution is 2.14. The van der Waals surface area contributed by atoms with Crippen molar-refractivity contribution >= 4 is 5.69 Å². The molecule has 2 rings (SSSR count). The summed E-state index contributed by atoms with van der Waals surface area (Å²) in [6.45, 7) is 4.39. The third kappa shape index (κ3) is 3.00. The summed E-state index contributed by atoms with van der Waals surface area (Å²) in [5, 5.41) is 0. The third-order valence-electron chi connectivity index (χ3n) is 2.54. The summed E-state index contributed by atoms with van der Waals surface area (Å²) >= 11 is 0. The Morgan fingerprint density at radius 1 is 1.24 bits per heavy atom. The first-order valence-electron chi connectivity index (χ1n) is 5.56. The van der Waals surface area contributed by atoms with E-state index in [0.717, 1.165) is 28.8 Å². The van der Waals surface area contributed by atoms with Crippen LogP contribution in [0.3, 0.4) is 0 Å². The van der Waals surface area contributed by atoms with E-state index < -0.39 is 0 Å². The number of oxazole rings is 1. The lowest BCUT2D eigenvalue weighted by atomic mass is 10.3. The molecular formula is C13H16N2O2. The molecule has 0 saturated heterocycles. The van der Waals surface area contributed by atoms with Crippen LogP contribution in [0.2, 0.25) is 0 Å². The Morgan fingerprint density at radius 2 is 1.94 bits per heavy atom. The quantitative estimate of drug-likeness (QED) is 0.823. The maximum absolute atomic E-state index is 5.59. The van der Waals surface area contributed by atoms with Crippen LogP contribution in [0.15, 0.2) is 28.7 Å². The van der Waals surface area contributed by atoms with Crippen molar-refractivity contribution in [3.8, 4) is 5.75 Å². The maximum Gasteiger partial charge on any atom is 0.198 e. The van der Waals surface area contributed by atoms with Crippen molar-refractivity contribution in [2.45, 2.75) is 20.3 Å². The van der Waals surface area contributed by atoms with Crippen molar-refractivity contribution < 1.29 is 9.15 Å². The van der Waals surface area contributed by atoms with Crippen molar-refractivity contribution in [1.82, 2.24) is 4.98 Å². The van der Waals surface area contributed by atoms with Gasteiger partial charge in [0.2, 0.25) is 0 Å². The minimum absolute atomic E-state index is 0.545. The van der Waals surface area contributed by atoms with E-state index in [1.807, 2.05) is 38.1 Å². The topological polar surface area (TPSA) is 61.3 Å². The Balaban J connectivity index is 1.85. The average molecular weight is 232 g/mol. The van der Waals surface area contributed by atoms with Crippen molar-refractivity contribution in [3.05, 3.63) is 41.6 Å². The second-order valence-corrected chi connectivity index (χ2v) is 3.92. The predicted molar refractivity (Wildman–Crippen MR) is 66.0 cm³/mol. The zero-order valence-electron chi connectivity index (χ0n) is 10.1. The standard InChI is InChI=1S/C13H16N2O2/c1-9-10(2)17-13(15-9)7-8-16-12-5-3-11(14)4-6-12/h3-6H,7-8,14H2,1-2H3. The molecule has 0 unspecified atom stereocenters. The van der Waals surface area contributed by atoms with E-state index in [2.05, 4.69) is 4.98 Å². The number of nitrogen functional groups attached to an aromatic ring is 1. The Bertz CT molecular complexity index is 469. The number of hydrogen-bond acceptors (Lipinski definition) is 4. The van der Waals surface area contributed by atoms with Crippen LogP contribution in [-0.4, -0.2) is 11.6 Å². The fourth-order valence-corrected chi connectivity index (χ4v) is 1.47. The van der Waals surface area contributed by atoms with E-state index in [1.165, 1.54) is 0 Å². The number of ether oxygens (including phenoxy) is 1. The van der Waals surface area contributed by atoms with Gasteiger partial charge in [0.15, 0.2) is 5.89 Å². The Morgan fingerprint density at radius 3 is 2.53 bits per heavy atom. The van der Waals surface area contributed by atoms with Gasteiger partial charge in [-0.1, -0.05) is 0 Å². The first-order chi connectivity index (χ1) is 8.15. The summed E-state index contributed by atoms with van der Waals surface area (Å²) in [5.41, 5.74) is 7.26. The summed E-state index contributed by atoms with van der Waals surface area (Å²) < 4.78 is 11.0. The van der Waals surface area contributed by atoms with Crippen LogP contribution >= 0.6 is 0 Å². The molecular weight excluding hydrogens is 216 g/mol. The highest BCUT2D eigenvalue weighted by Gasteiger charge is 2.05. The molecule has 1 aromatic carbocycles. The molecule has 4 heteroatoms. The van der Waals surface area contributed by atoms with Gasteiger partial charge in [-0.3, -0.25) is 0 Å². The molecule has 2 N–H and O–H groups in total. The number of anilines is 1. The van der Waals surface area contributed by atoms with Crippen LogP contribution < -0.4 is 10.5 Å². The first kappa shape index (κ1) is 11.5. The van der Waals surface area contributed by atoms with Gasteiger partial charge in [-0.25, -0.2) is 4.98 Å². The minimum Gasteiger partial charge on any atom is -0.493 e. The van der Waals surface area contributed by atoms with Crippen LogP contribution in [-0.2, 0) is 6.42 Å². The number of benzene rings is 1. The van der Waals surface area contributed by atoms with Gasteiger partial charge in [0.1, 0.15) is 11.5 Å². The number of rotatable bonds is 4. The predicted octanol–water partition coefficient (Wildman–Crippen LogP) is 2.50. The van der Waals surface area contributed by atoms with Gasteiger partial charge in [0.05, 0.1) is 18.7 Å². The Labute approximate surface area is 100 Å². The maximum atomic E-state index is 5.59. The summed E-state index contributed by atoms with van der Waals surface area (Å²) in [4.78, 5) is 4.29. The molecule has 0 fully saturated rings. The van der Waals surface area contributed by atoms with Crippen molar-refractivity contribution in [2.24, 2.45) is 0 Å². The zero-order chi connectivity index (χ0) is 12.3. The van der Waals surface area contributed by atoms with Crippen LogP contribution in [0.4, 0.5) is 5.69 Å².